The Bertz CT molecular complexity index is 398. The number of rotatable bonds is 5. The second kappa shape index (κ2) is 6.97. The largest absolute Gasteiger partial charge is 0.466 e. The summed E-state index contributed by atoms with van der Waals surface area (Å²) in [5.74, 6) is -0.273. The molecule has 0 aliphatic rings. The highest BCUT2D eigenvalue weighted by Gasteiger charge is 2.05. The van der Waals surface area contributed by atoms with E-state index in [9.17, 15) is 4.79 Å². The van der Waals surface area contributed by atoms with Gasteiger partial charge in [0.1, 0.15) is 0 Å². The van der Waals surface area contributed by atoms with Gasteiger partial charge < -0.3 is 10.1 Å². The third-order valence-electron chi connectivity index (χ3n) is 2.33. The van der Waals surface area contributed by atoms with Gasteiger partial charge in [0, 0.05) is 22.8 Å². The zero-order valence-corrected chi connectivity index (χ0v) is 10.8. The quantitative estimate of drug-likeness (QED) is 0.647. The zero-order chi connectivity index (χ0) is 12.7. The van der Waals surface area contributed by atoms with E-state index in [0.717, 1.165) is 5.69 Å². The molecule has 0 saturated heterocycles. The molecule has 1 aromatic rings. The van der Waals surface area contributed by atoms with E-state index in [1.807, 2.05) is 37.3 Å². The Morgan fingerprint density at radius 3 is 2.59 bits per heavy atom. The number of esters is 1. The Morgan fingerprint density at radius 2 is 2.06 bits per heavy atom. The topological polar surface area (TPSA) is 38.3 Å². The average Bonchev–Trinajstić information content (AvgIpc) is 2.36. The molecule has 0 aliphatic heterocycles. The molecule has 0 amide bonds. The maximum absolute atomic E-state index is 11.3. The van der Waals surface area contributed by atoms with E-state index in [-0.39, 0.29) is 5.97 Å². The molecule has 17 heavy (non-hydrogen) atoms. The van der Waals surface area contributed by atoms with E-state index in [1.165, 1.54) is 7.11 Å². The summed E-state index contributed by atoms with van der Waals surface area (Å²) in [6.45, 7) is 2.50. The van der Waals surface area contributed by atoms with Gasteiger partial charge in [-0.15, -0.1) is 0 Å². The molecule has 1 aromatic carbocycles. The summed E-state index contributed by atoms with van der Waals surface area (Å²) >= 11 is 5.78. The van der Waals surface area contributed by atoms with Gasteiger partial charge in [0.2, 0.25) is 0 Å². The first-order chi connectivity index (χ1) is 8.17. The first-order valence-corrected chi connectivity index (χ1v) is 5.82. The Balaban J connectivity index is 2.53. The van der Waals surface area contributed by atoms with Gasteiger partial charge in [-0.3, -0.25) is 0 Å². The lowest BCUT2D eigenvalue weighted by molar-refractivity contribution is -0.136. The molecule has 0 bridgehead atoms. The molecule has 0 spiro atoms. The maximum atomic E-state index is 11.3. The smallest absolute Gasteiger partial charge is 0.333 e. The van der Waals surface area contributed by atoms with Crippen LogP contribution in [0, 0.1) is 0 Å². The van der Waals surface area contributed by atoms with Gasteiger partial charge in [-0.05, 0) is 30.7 Å². The number of methoxy groups -OCH3 is 1. The van der Waals surface area contributed by atoms with Crippen molar-refractivity contribution in [2.24, 2.45) is 0 Å². The molecule has 0 saturated carbocycles. The van der Waals surface area contributed by atoms with Crippen molar-refractivity contribution < 1.29 is 9.53 Å². The zero-order valence-electron chi connectivity index (χ0n) is 10.00. The van der Waals surface area contributed by atoms with Crippen LogP contribution in [-0.2, 0) is 9.53 Å². The molecular formula is C13H16ClNO2. The van der Waals surface area contributed by atoms with E-state index >= 15 is 0 Å². The highest BCUT2D eigenvalue weighted by atomic mass is 35.5. The number of ether oxygens (including phenoxy) is 1. The number of benzene rings is 1. The summed E-state index contributed by atoms with van der Waals surface area (Å²) in [7, 11) is 1.39. The maximum Gasteiger partial charge on any atom is 0.333 e. The highest BCUT2D eigenvalue weighted by molar-refractivity contribution is 6.30. The standard InChI is InChI=1S/C13H16ClNO2/c1-3-10(13(16)17-2)8-9-15-12-6-4-11(14)5-7-12/h4-8,15H,3,9H2,1-2H3/b10-8-. The van der Waals surface area contributed by atoms with Crippen molar-refractivity contribution in [3.8, 4) is 0 Å². The van der Waals surface area contributed by atoms with Crippen LogP contribution in [-0.4, -0.2) is 19.6 Å². The third kappa shape index (κ3) is 4.49. The molecule has 0 unspecified atom stereocenters. The Kier molecular flexibility index (Phi) is 5.57. The van der Waals surface area contributed by atoms with Gasteiger partial charge >= 0.3 is 5.97 Å². The summed E-state index contributed by atoms with van der Waals surface area (Å²) in [6, 6.07) is 7.41. The summed E-state index contributed by atoms with van der Waals surface area (Å²) < 4.78 is 4.67. The van der Waals surface area contributed by atoms with Crippen molar-refractivity contribution in [1.82, 2.24) is 0 Å². The van der Waals surface area contributed by atoms with E-state index in [4.69, 9.17) is 11.6 Å². The summed E-state index contributed by atoms with van der Waals surface area (Å²) in [5, 5.41) is 3.88. The SMILES string of the molecule is CC/C(=C/CNc1ccc(Cl)cc1)C(=O)OC. The van der Waals surface area contributed by atoms with Gasteiger partial charge in [0.15, 0.2) is 0 Å². The number of hydrogen-bond acceptors (Lipinski definition) is 3. The highest BCUT2D eigenvalue weighted by Crippen LogP contribution is 2.13. The van der Waals surface area contributed by atoms with Crippen molar-refractivity contribution in [1.29, 1.82) is 0 Å². The van der Waals surface area contributed by atoms with E-state index in [1.54, 1.807) is 0 Å². The Morgan fingerprint density at radius 1 is 1.41 bits per heavy atom. The first kappa shape index (κ1) is 13.6. The van der Waals surface area contributed by atoms with Gasteiger partial charge in [0.25, 0.3) is 0 Å². The molecule has 0 aliphatic carbocycles. The van der Waals surface area contributed by atoms with Crippen molar-refractivity contribution >= 4 is 23.3 Å². The molecule has 92 valence electrons. The van der Waals surface area contributed by atoms with E-state index < -0.39 is 0 Å². The Hall–Kier alpha value is -1.48. The van der Waals surface area contributed by atoms with Crippen LogP contribution in [0.4, 0.5) is 5.69 Å². The summed E-state index contributed by atoms with van der Waals surface area (Å²) in [6.07, 6.45) is 2.50. The lowest BCUT2D eigenvalue weighted by Gasteiger charge is -2.05. The van der Waals surface area contributed by atoms with Crippen LogP contribution in [0.25, 0.3) is 0 Å². The lowest BCUT2D eigenvalue weighted by Crippen LogP contribution is -2.07. The molecule has 4 heteroatoms. The lowest BCUT2D eigenvalue weighted by atomic mass is 10.2. The molecule has 0 heterocycles. The van der Waals surface area contributed by atoms with Gasteiger partial charge in [-0.2, -0.15) is 0 Å². The molecule has 1 rings (SSSR count). The number of anilines is 1. The predicted octanol–water partition coefficient (Wildman–Crippen LogP) is 3.26. The molecular weight excluding hydrogens is 238 g/mol. The van der Waals surface area contributed by atoms with Crippen molar-refractivity contribution in [3.05, 3.63) is 40.9 Å². The van der Waals surface area contributed by atoms with Crippen LogP contribution in [0.3, 0.4) is 0 Å². The molecule has 0 fully saturated rings. The van der Waals surface area contributed by atoms with Crippen molar-refractivity contribution in [2.45, 2.75) is 13.3 Å². The number of hydrogen-bond donors (Lipinski definition) is 1. The van der Waals surface area contributed by atoms with Crippen LogP contribution in [0.1, 0.15) is 13.3 Å². The van der Waals surface area contributed by atoms with Crippen LogP contribution in [0.15, 0.2) is 35.9 Å². The number of halogens is 1. The van der Waals surface area contributed by atoms with Gasteiger partial charge in [0.05, 0.1) is 7.11 Å². The summed E-state index contributed by atoms with van der Waals surface area (Å²) in [5.41, 5.74) is 1.64. The number of carbonyl (C=O) groups is 1. The van der Waals surface area contributed by atoms with Crippen LogP contribution < -0.4 is 5.32 Å². The Labute approximate surface area is 106 Å². The van der Waals surface area contributed by atoms with Crippen molar-refractivity contribution in [2.75, 3.05) is 19.0 Å². The normalized spacial score (nSPS) is 11.1. The number of carbonyl (C=O) groups excluding carboxylic acids is 1. The molecule has 3 nitrogen and oxygen atoms in total. The third-order valence-corrected chi connectivity index (χ3v) is 2.58. The van der Waals surface area contributed by atoms with Gasteiger partial charge in [-0.1, -0.05) is 24.6 Å². The van der Waals surface area contributed by atoms with Crippen LogP contribution in [0.5, 0.6) is 0 Å². The van der Waals surface area contributed by atoms with Crippen molar-refractivity contribution in [3.63, 3.8) is 0 Å². The monoisotopic (exact) mass is 253 g/mol. The number of nitrogens with one attached hydrogen (secondary N) is 1. The minimum absolute atomic E-state index is 0.273. The fourth-order valence-electron chi connectivity index (χ4n) is 1.36. The van der Waals surface area contributed by atoms with Crippen LogP contribution >= 0.6 is 11.6 Å². The van der Waals surface area contributed by atoms with Gasteiger partial charge in [-0.25, -0.2) is 4.79 Å². The molecule has 0 aromatic heterocycles. The predicted molar refractivity (Wildman–Crippen MR) is 70.3 cm³/mol. The molecule has 0 atom stereocenters. The van der Waals surface area contributed by atoms with E-state index in [2.05, 4.69) is 10.1 Å². The van der Waals surface area contributed by atoms with Crippen LogP contribution in [0.2, 0.25) is 5.02 Å². The minimum atomic E-state index is -0.273. The second-order valence-corrected chi connectivity index (χ2v) is 3.90. The average molecular weight is 254 g/mol. The molecule has 1 N–H and O–H groups in total. The molecule has 0 radical (unpaired) electrons. The summed E-state index contributed by atoms with van der Waals surface area (Å²) in [4.78, 5) is 11.3. The minimum Gasteiger partial charge on any atom is -0.466 e. The van der Waals surface area contributed by atoms with E-state index in [0.29, 0.717) is 23.6 Å². The fraction of sp³-hybridized carbons (Fsp3) is 0.308. The fourth-order valence-corrected chi connectivity index (χ4v) is 1.49. The first-order valence-electron chi connectivity index (χ1n) is 5.44. The second-order valence-electron chi connectivity index (χ2n) is 3.46.